The van der Waals surface area contributed by atoms with Gasteiger partial charge < -0.3 is 5.32 Å². The Morgan fingerprint density at radius 3 is 2.52 bits per heavy atom. The van der Waals surface area contributed by atoms with Crippen LogP contribution in [0.5, 0.6) is 0 Å². The third kappa shape index (κ3) is 4.73. The van der Waals surface area contributed by atoms with E-state index in [-0.39, 0.29) is 11.9 Å². The van der Waals surface area contributed by atoms with Gasteiger partial charge in [-0.15, -0.1) is 11.8 Å². The molecule has 2 rings (SSSR count). The predicted molar refractivity (Wildman–Crippen MR) is 89.7 cm³/mol. The van der Waals surface area contributed by atoms with Gasteiger partial charge in [0, 0.05) is 21.7 Å². The third-order valence-electron chi connectivity index (χ3n) is 3.29. The Bertz CT molecular complexity index is 586. The van der Waals surface area contributed by atoms with Gasteiger partial charge in [-0.1, -0.05) is 24.6 Å². The van der Waals surface area contributed by atoms with E-state index in [2.05, 4.69) is 12.2 Å². The molecule has 0 spiro atoms. The first-order valence-electron chi connectivity index (χ1n) is 6.98. The molecule has 21 heavy (non-hydrogen) atoms. The minimum atomic E-state index is -0.183. The van der Waals surface area contributed by atoms with E-state index in [4.69, 9.17) is 11.6 Å². The molecule has 1 unspecified atom stereocenters. The lowest BCUT2D eigenvalue weighted by Gasteiger charge is -2.20. The summed E-state index contributed by atoms with van der Waals surface area (Å²) in [5.41, 5.74) is 2.14. The second-order valence-electron chi connectivity index (χ2n) is 4.88. The highest BCUT2D eigenvalue weighted by molar-refractivity contribution is 7.99. The van der Waals surface area contributed by atoms with E-state index in [1.54, 1.807) is 17.8 Å². The summed E-state index contributed by atoms with van der Waals surface area (Å²) in [6, 6.07) is 13.0. The van der Waals surface area contributed by atoms with Crippen LogP contribution in [0.4, 0.5) is 4.39 Å². The van der Waals surface area contributed by atoms with Crippen molar-refractivity contribution in [2.45, 2.75) is 24.8 Å². The lowest BCUT2D eigenvalue weighted by molar-refractivity contribution is 0.594. The standard InChI is InChI=1S/C17H19ClFNS/c1-3-20-17(16-9-6-14(19)10-12(16)2)11-21-15-7-4-13(18)5-8-15/h4-10,17,20H,3,11H2,1-2H3. The van der Waals surface area contributed by atoms with Crippen LogP contribution in [0.25, 0.3) is 0 Å². The van der Waals surface area contributed by atoms with E-state index in [1.165, 1.54) is 11.0 Å². The Labute approximate surface area is 134 Å². The highest BCUT2D eigenvalue weighted by Crippen LogP contribution is 2.27. The first kappa shape index (κ1) is 16.3. The second-order valence-corrected chi connectivity index (χ2v) is 6.41. The van der Waals surface area contributed by atoms with Gasteiger partial charge in [-0.3, -0.25) is 0 Å². The maximum Gasteiger partial charge on any atom is 0.123 e. The van der Waals surface area contributed by atoms with Crippen molar-refractivity contribution in [2.75, 3.05) is 12.3 Å². The predicted octanol–water partition coefficient (Wildman–Crippen LogP) is 5.23. The van der Waals surface area contributed by atoms with Crippen molar-refractivity contribution in [1.29, 1.82) is 0 Å². The van der Waals surface area contributed by atoms with Crippen molar-refractivity contribution in [3.63, 3.8) is 0 Å². The number of hydrogen-bond donors (Lipinski definition) is 1. The fourth-order valence-electron chi connectivity index (χ4n) is 2.25. The molecular weight excluding hydrogens is 305 g/mol. The molecule has 0 aliphatic heterocycles. The van der Waals surface area contributed by atoms with Crippen molar-refractivity contribution in [3.05, 3.63) is 64.4 Å². The van der Waals surface area contributed by atoms with Gasteiger partial charge in [-0.2, -0.15) is 0 Å². The largest absolute Gasteiger partial charge is 0.309 e. The maximum absolute atomic E-state index is 13.2. The number of thioether (sulfide) groups is 1. The molecule has 0 aliphatic carbocycles. The molecule has 1 nitrogen and oxygen atoms in total. The summed E-state index contributed by atoms with van der Waals surface area (Å²) in [4.78, 5) is 1.18. The van der Waals surface area contributed by atoms with Crippen molar-refractivity contribution < 1.29 is 4.39 Å². The second kappa shape index (κ2) is 7.83. The first-order valence-corrected chi connectivity index (χ1v) is 8.34. The van der Waals surface area contributed by atoms with Crippen LogP contribution in [0, 0.1) is 12.7 Å². The summed E-state index contributed by atoms with van der Waals surface area (Å²) in [5, 5.41) is 4.22. The maximum atomic E-state index is 13.2. The summed E-state index contributed by atoms with van der Waals surface area (Å²) < 4.78 is 13.2. The lowest BCUT2D eigenvalue weighted by Crippen LogP contribution is -2.23. The molecule has 0 aromatic heterocycles. The lowest BCUT2D eigenvalue weighted by atomic mass is 10.0. The quantitative estimate of drug-likeness (QED) is 0.730. The molecule has 0 amide bonds. The number of halogens is 2. The van der Waals surface area contributed by atoms with Crippen LogP contribution in [-0.4, -0.2) is 12.3 Å². The van der Waals surface area contributed by atoms with Crippen LogP contribution in [0.15, 0.2) is 47.4 Å². The molecular formula is C17H19ClFNS. The third-order valence-corrected chi connectivity index (χ3v) is 4.65. The Morgan fingerprint density at radius 1 is 1.19 bits per heavy atom. The van der Waals surface area contributed by atoms with E-state index >= 15 is 0 Å². The molecule has 1 atom stereocenters. The van der Waals surface area contributed by atoms with E-state index < -0.39 is 0 Å². The monoisotopic (exact) mass is 323 g/mol. The number of nitrogens with one attached hydrogen (secondary N) is 1. The van der Waals surface area contributed by atoms with Gasteiger partial charge in [0.15, 0.2) is 0 Å². The molecule has 112 valence electrons. The zero-order valence-corrected chi connectivity index (χ0v) is 13.8. The van der Waals surface area contributed by atoms with Gasteiger partial charge in [0.2, 0.25) is 0 Å². The van der Waals surface area contributed by atoms with Crippen molar-refractivity contribution in [2.24, 2.45) is 0 Å². The van der Waals surface area contributed by atoms with E-state index in [1.807, 2.05) is 37.3 Å². The summed E-state index contributed by atoms with van der Waals surface area (Å²) in [7, 11) is 0. The first-order chi connectivity index (χ1) is 10.1. The summed E-state index contributed by atoms with van der Waals surface area (Å²) in [6.45, 7) is 4.91. The van der Waals surface area contributed by atoms with E-state index in [9.17, 15) is 4.39 Å². The van der Waals surface area contributed by atoms with Gasteiger partial charge in [0.05, 0.1) is 0 Å². The molecule has 0 radical (unpaired) electrons. The number of benzene rings is 2. The molecule has 4 heteroatoms. The highest BCUT2D eigenvalue weighted by atomic mass is 35.5. The van der Waals surface area contributed by atoms with Crippen molar-refractivity contribution in [1.82, 2.24) is 5.32 Å². The zero-order valence-electron chi connectivity index (χ0n) is 12.2. The molecule has 2 aromatic carbocycles. The SMILES string of the molecule is CCNC(CSc1ccc(Cl)cc1)c1ccc(F)cc1C. The average Bonchev–Trinajstić information content (AvgIpc) is 2.46. The van der Waals surface area contributed by atoms with E-state index in [0.29, 0.717) is 0 Å². The molecule has 0 fully saturated rings. The normalized spacial score (nSPS) is 12.4. The minimum absolute atomic E-state index is 0.183. The summed E-state index contributed by atoms with van der Waals surface area (Å²) in [5.74, 6) is 0.707. The molecule has 0 aliphatic rings. The van der Waals surface area contributed by atoms with Gasteiger partial charge in [0.25, 0.3) is 0 Å². The summed E-state index contributed by atoms with van der Waals surface area (Å²) >= 11 is 7.67. The fraction of sp³-hybridized carbons (Fsp3) is 0.294. The Morgan fingerprint density at radius 2 is 1.90 bits per heavy atom. The van der Waals surface area contributed by atoms with Crippen LogP contribution in [-0.2, 0) is 0 Å². The molecule has 0 saturated heterocycles. The molecule has 2 aromatic rings. The number of hydrogen-bond acceptors (Lipinski definition) is 2. The number of aryl methyl sites for hydroxylation is 1. The fourth-order valence-corrected chi connectivity index (χ4v) is 3.36. The van der Waals surface area contributed by atoms with Crippen molar-refractivity contribution in [3.8, 4) is 0 Å². The topological polar surface area (TPSA) is 12.0 Å². The Kier molecular flexibility index (Phi) is 6.09. The summed E-state index contributed by atoms with van der Waals surface area (Å²) in [6.07, 6.45) is 0. The van der Waals surface area contributed by atoms with Crippen molar-refractivity contribution >= 4 is 23.4 Å². The van der Waals surface area contributed by atoms with Gasteiger partial charge in [0.1, 0.15) is 5.82 Å². The van der Waals surface area contributed by atoms with Crippen LogP contribution in [0.1, 0.15) is 24.1 Å². The zero-order chi connectivity index (χ0) is 15.2. The Hall–Kier alpha value is -1.03. The molecule has 1 N–H and O–H groups in total. The minimum Gasteiger partial charge on any atom is -0.309 e. The Balaban J connectivity index is 2.09. The average molecular weight is 324 g/mol. The highest BCUT2D eigenvalue weighted by Gasteiger charge is 2.13. The number of rotatable bonds is 6. The molecule has 0 saturated carbocycles. The van der Waals surface area contributed by atoms with Gasteiger partial charge in [-0.25, -0.2) is 4.39 Å². The van der Waals surface area contributed by atoms with Crippen LogP contribution < -0.4 is 5.32 Å². The van der Waals surface area contributed by atoms with Gasteiger partial charge in [-0.05, 0) is 61.0 Å². The van der Waals surface area contributed by atoms with Crippen LogP contribution >= 0.6 is 23.4 Å². The molecule has 0 bridgehead atoms. The molecule has 0 heterocycles. The van der Waals surface area contributed by atoms with Crippen LogP contribution in [0.2, 0.25) is 5.02 Å². The van der Waals surface area contributed by atoms with Crippen LogP contribution in [0.3, 0.4) is 0 Å². The van der Waals surface area contributed by atoms with E-state index in [0.717, 1.165) is 28.4 Å². The van der Waals surface area contributed by atoms with Gasteiger partial charge >= 0.3 is 0 Å². The smallest absolute Gasteiger partial charge is 0.123 e.